The molecule has 16 heavy (non-hydrogen) atoms. The second-order valence-corrected chi connectivity index (χ2v) is 3.64. The average Bonchev–Trinajstić information content (AvgIpc) is 2.28. The second kappa shape index (κ2) is 4.06. The molecule has 0 amide bonds. The van der Waals surface area contributed by atoms with E-state index in [0.29, 0.717) is 16.7 Å². The summed E-state index contributed by atoms with van der Waals surface area (Å²) < 4.78 is 5.07. The first-order valence-electron chi connectivity index (χ1n) is 4.64. The van der Waals surface area contributed by atoms with Gasteiger partial charge in [-0.3, -0.25) is 4.79 Å². The topological polar surface area (TPSA) is 52.1 Å². The molecular formula is C11H9ClN2O2. The summed E-state index contributed by atoms with van der Waals surface area (Å²) >= 11 is 5.96. The number of rotatable bonds is 2. The van der Waals surface area contributed by atoms with Gasteiger partial charge in [0.25, 0.3) is 0 Å². The third-order valence-corrected chi connectivity index (χ3v) is 2.46. The summed E-state index contributed by atoms with van der Waals surface area (Å²) in [6, 6.07) is 5.25. The van der Waals surface area contributed by atoms with E-state index in [1.807, 2.05) is 0 Å². The smallest absolute Gasteiger partial charge is 0.197 e. The molecule has 0 aliphatic heterocycles. The van der Waals surface area contributed by atoms with Crippen LogP contribution in [-0.2, 0) is 0 Å². The van der Waals surface area contributed by atoms with Crippen molar-refractivity contribution in [3.8, 4) is 5.75 Å². The number of methoxy groups -OCH3 is 1. The Morgan fingerprint density at radius 1 is 1.38 bits per heavy atom. The fourth-order valence-corrected chi connectivity index (χ4v) is 1.59. The van der Waals surface area contributed by atoms with Crippen molar-refractivity contribution >= 4 is 28.3 Å². The van der Waals surface area contributed by atoms with Crippen molar-refractivity contribution in [2.45, 2.75) is 6.92 Å². The Hall–Kier alpha value is -1.68. The monoisotopic (exact) mass is 236 g/mol. The zero-order valence-corrected chi connectivity index (χ0v) is 9.58. The molecule has 0 saturated heterocycles. The molecular weight excluding hydrogens is 228 g/mol. The molecule has 4 nitrogen and oxygen atoms in total. The van der Waals surface area contributed by atoms with Crippen LogP contribution in [0.15, 0.2) is 18.2 Å². The van der Waals surface area contributed by atoms with E-state index in [9.17, 15) is 4.79 Å². The number of hydrogen-bond acceptors (Lipinski definition) is 4. The van der Waals surface area contributed by atoms with Crippen LogP contribution in [0.3, 0.4) is 0 Å². The van der Waals surface area contributed by atoms with E-state index < -0.39 is 0 Å². The predicted molar refractivity (Wildman–Crippen MR) is 61.1 cm³/mol. The summed E-state index contributed by atoms with van der Waals surface area (Å²) in [4.78, 5) is 19.2. The number of carbonyl (C=O) groups is 1. The molecule has 0 radical (unpaired) electrons. The molecule has 0 fully saturated rings. The molecule has 0 unspecified atom stereocenters. The van der Waals surface area contributed by atoms with Gasteiger partial charge in [-0.1, -0.05) is 11.6 Å². The summed E-state index contributed by atoms with van der Waals surface area (Å²) in [5.74, 6) is 0.564. The van der Waals surface area contributed by atoms with Gasteiger partial charge in [0, 0.05) is 18.4 Å². The summed E-state index contributed by atoms with van der Waals surface area (Å²) in [7, 11) is 1.57. The van der Waals surface area contributed by atoms with Crippen molar-refractivity contribution in [2.24, 2.45) is 0 Å². The minimum Gasteiger partial charge on any atom is -0.497 e. The van der Waals surface area contributed by atoms with Gasteiger partial charge in [0.1, 0.15) is 10.9 Å². The lowest BCUT2D eigenvalue weighted by Crippen LogP contribution is -2.01. The highest BCUT2D eigenvalue weighted by atomic mass is 35.5. The Labute approximate surface area is 97.2 Å². The first-order chi connectivity index (χ1) is 7.61. The Morgan fingerprint density at radius 2 is 2.12 bits per heavy atom. The van der Waals surface area contributed by atoms with Gasteiger partial charge in [0.15, 0.2) is 11.6 Å². The van der Waals surface area contributed by atoms with Crippen LogP contribution >= 0.6 is 11.6 Å². The van der Waals surface area contributed by atoms with Crippen LogP contribution in [-0.4, -0.2) is 22.9 Å². The van der Waals surface area contributed by atoms with E-state index >= 15 is 0 Å². The molecule has 2 rings (SSSR count). The summed E-state index contributed by atoms with van der Waals surface area (Å²) in [5, 5.41) is 0.977. The minimum atomic E-state index is -0.216. The molecule has 1 aromatic carbocycles. The Kier molecular flexibility index (Phi) is 2.75. The van der Waals surface area contributed by atoms with Crippen LogP contribution in [0.2, 0.25) is 5.15 Å². The van der Waals surface area contributed by atoms with E-state index in [1.54, 1.807) is 25.3 Å². The lowest BCUT2D eigenvalue weighted by atomic mass is 10.2. The molecule has 1 heterocycles. The number of ketones is 1. The summed E-state index contributed by atoms with van der Waals surface area (Å²) in [6.45, 7) is 1.40. The number of fused-ring (bicyclic) bond motifs is 1. The maximum atomic E-state index is 11.2. The number of aromatic nitrogens is 2. The third kappa shape index (κ3) is 1.84. The van der Waals surface area contributed by atoms with Crippen LogP contribution < -0.4 is 4.74 Å². The molecule has 1 aromatic heterocycles. The van der Waals surface area contributed by atoms with Crippen LogP contribution in [0, 0.1) is 0 Å². The highest BCUT2D eigenvalue weighted by Crippen LogP contribution is 2.24. The standard InChI is InChI=1S/C11H9ClN2O2/c1-6(15)11-13-9-5-7(16-2)3-4-8(9)10(12)14-11/h3-5H,1-2H3. The van der Waals surface area contributed by atoms with Gasteiger partial charge < -0.3 is 4.74 Å². The second-order valence-electron chi connectivity index (χ2n) is 3.28. The number of benzene rings is 1. The number of carbonyl (C=O) groups excluding carboxylic acids is 1. The fraction of sp³-hybridized carbons (Fsp3) is 0.182. The average molecular weight is 237 g/mol. The molecule has 0 aliphatic rings. The maximum absolute atomic E-state index is 11.2. The predicted octanol–water partition coefficient (Wildman–Crippen LogP) is 2.49. The molecule has 0 bridgehead atoms. The lowest BCUT2D eigenvalue weighted by molar-refractivity contribution is 0.100. The fourth-order valence-electron chi connectivity index (χ4n) is 1.36. The van der Waals surface area contributed by atoms with E-state index in [2.05, 4.69) is 9.97 Å². The van der Waals surface area contributed by atoms with Crippen LogP contribution in [0.1, 0.15) is 17.5 Å². The number of nitrogens with zero attached hydrogens (tertiary/aromatic N) is 2. The zero-order chi connectivity index (χ0) is 11.7. The van der Waals surface area contributed by atoms with Crippen molar-refractivity contribution in [3.63, 3.8) is 0 Å². The van der Waals surface area contributed by atoms with Crippen LogP contribution in [0.5, 0.6) is 5.75 Å². The molecule has 2 aromatic rings. The van der Waals surface area contributed by atoms with Crippen molar-refractivity contribution in [2.75, 3.05) is 7.11 Å². The SMILES string of the molecule is COc1ccc2c(Cl)nc(C(C)=O)nc2c1. The highest BCUT2D eigenvalue weighted by molar-refractivity contribution is 6.34. The van der Waals surface area contributed by atoms with Gasteiger partial charge in [-0.2, -0.15) is 0 Å². The molecule has 0 atom stereocenters. The van der Waals surface area contributed by atoms with Crippen LogP contribution in [0.4, 0.5) is 0 Å². The molecule has 5 heteroatoms. The lowest BCUT2D eigenvalue weighted by Gasteiger charge is -2.04. The van der Waals surface area contributed by atoms with Crippen molar-refractivity contribution < 1.29 is 9.53 Å². The Balaban J connectivity index is 2.72. The van der Waals surface area contributed by atoms with E-state index in [4.69, 9.17) is 16.3 Å². The number of ether oxygens (including phenoxy) is 1. The highest BCUT2D eigenvalue weighted by Gasteiger charge is 2.09. The Morgan fingerprint density at radius 3 is 2.75 bits per heavy atom. The first-order valence-corrected chi connectivity index (χ1v) is 5.02. The number of halogens is 1. The maximum Gasteiger partial charge on any atom is 0.197 e. The molecule has 82 valence electrons. The molecule has 0 spiro atoms. The Bertz CT molecular complexity index is 569. The summed E-state index contributed by atoms with van der Waals surface area (Å²) in [5.41, 5.74) is 0.601. The van der Waals surface area contributed by atoms with Gasteiger partial charge in [0.2, 0.25) is 0 Å². The summed E-state index contributed by atoms with van der Waals surface area (Å²) in [6.07, 6.45) is 0. The van der Waals surface area contributed by atoms with Crippen LogP contribution in [0.25, 0.3) is 10.9 Å². The number of hydrogen-bond donors (Lipinski definition) is 0. The van der Waals surface area contributed by atoms with E-state index in [1.165, 1.54) is 6.92 Å². The van der Waals surface area contributed by atoms with Gasteiger partial charge in [-0.05, 0) is 12.1 Å². The number of Topliss-reactive ketones (excluding diaryl/α,β-unsaturated/α-hetero) is 1. The quantitative estimate of drug-likeness (QED) is 0.594. The molecule has 0 saturated carbocycles. The van der Waals surface area contributed by atoms with Gasteiger partial charge >= 0.3 is 0 Å². The largest absolute Gasteiger partial charge is 0.497 e. The molecule has 0 aliphatic carbocycles. The van der Waals surface area contributed by atoms with Crippen molar-refractivity contribution in [3.05, 3.63) is 29.2 Å². The third-order valence-electron chi connectivity index (χ3n) is 2.17. The van der Waals surface area contributed by atoms with Crippen molar-refractivity contribution in [1.82, 2.24) is 9.97 Å². The van der Waals surface area contributed by atoms with Gasteiger partial charge in [0.05, 0.1) is 12.6 Å². The van der Waals surface area contributed by atoms with Crippen molar-refractivity contribution in [1.29, 1.82) is 0 Å². The molecule has 0 N–H and O–H groups in total. The normalized spacial score (nSPS) is 10.4. The minimum absolute atomic E-state index is 0.116. The van der Waals surface area contributed by atoms with Gasteiger partial charge in [-0.25, -0.2) is 9.97 Å². The zero-order valence-electron chi connectivity index (χ0n) is 8.82. The van der Waals surface area contributed by atoms with E-state index in [0.717, 1.165) is 0 Å². The first kappa shape index (κ1) is 10.8. The van der Waals surface area contributed by atoms with E-state index in [-0.39, 0.29) is 16.8 Å². The van der Waals surface area contributed by atoms with Gasteiger partial charge in [-0.15, -0.1) is 0 Å².